The summed E-state index contributed by atoms with van der Waals surface area (Å²) in [5.74, 6) is 0.242. The molecular weight excluding hydrogens is 128 g/mol. The maximum absolute atomic E-state index is 10.5. The summed E-state index contributed by atoms with van der Waals surface area (Å²) in [5.41, 5.74) is 0. The first-order valence-corrected chi connectivity index (χ1v) is 3.77. The third-order valence-electron chi connectivity index (χ3n) is 1.35. The first-order chi connectivity index (χ1) is 4.66. The van der Waals surface area contributed by atoms with Gasteiger partial charge in [-0.1, -0.05) is 0 Å². The van der Waals surface area contributed by atoms with E-state index < -0.39 is 0 Å². The Balaban J connectivity index is 3.21. The first-order valence-electron chi connectivity index (χ1n) is 3.77. The van der Waals surface area contributed by atoms with Crippen LogP contribution in [0.4, 0.5) is 0 Å². The molecule has 0 bridgehead atoms. The van der Waals surface area contributed by atoms with Crippen molar-refractivity contribution in [1.29, 1.82) is 0 Å². The number of Topliss-reactive ketones (excluding diaryl/α,β-unsaturated/α-hetero) is 1. The van der Waals surface area contributed by atoms with Crippen LogP contribution in [0.1, 0.15) is 33.6 Å². The van der Waals surface area contributed by atoms with Crippen molar-refractivity contribution >= 4 is 5.78 Å². The van der Waals surface area contributed by atoms with E-state index in [1.165, 1.54) is 0 Å². The van der Waals surface area contributed by atoms with Crippen LogP contribution >= 0.6 is 0 Å². The molecule has 0 radical (unpaired) electrons. The molecule has 60 valence electrons. The molecule has 0 rings (SSSR count). The number of hydrogen-bond donors (Lipinski definition) is 0. The molecule has 0 aromatic rings. The van der Waals surface area contributed by atoms with Gasteiger partial charge in [0.25, 0.3) is 0 Å². The second-order valence-corrected chi connectivity index (χ2v) is 2.51. The third kappa shape index (κ3) is 5.76. The summed E-state index contributed by atoms with van der Waals surface area (Å²) in [6.07, 6.45) is 1.72. The van der Waals surface area contributed by atoms with E-state index in [0.717, 1.165) is 13.0 Å². The molecule has 1 atom stereocenters. The van der Waals surface area contributed by atoms with Gasteiger partial charge >= 0.3 is 0 Å². The maximum atomic E-state index is 10.5. The van der Waals surface area contributed by atoms with Gasteiger partial charge in [-0.3, -0.25) is 0 Å². The summed E-state index contributed by atoms with van der Waals surface area (Å²) in [4.78, 5) is 10.5. The van der Waals surface area contributed by atoms with E-state index in [0.29, 0.717) is 6.42 Å². The Hall–Kier alpha value is -0.370. The van der Waals surface area contributed by atoms with Crippen molar-refractivity contribution in [1.82, 2.24) is 0 Å². The van der Waals surface area contributed by atoms with Gasteiger partial charge in [0, 0.05) is 13.0 Å². The largest absolute Gasteiger partial charge is 0.379 e. The molecule has 2 nitrogen and oxygen atoms in total. The number of rotatable bonds is 5. The van der Waals surface area contributed by atoms with Crippen LogP contribution in [0.2, 0.25) is 0 Å². The van der Waals surface area contributed by atoms with Crippen LogP contribution in [-0.4, -0.2) is 18.5 Å². The van der Waals surface area contributed by atoms with Crippen LogP contribution in [0, 0.1) is 0 Å². The van der Waals surface area contributed by atoms with Crippen LogP contribution in [-0.2, 0) is 9.53 Å². The summed E-state index contributed by atoms with van der Waals surface area (Å²) < 4.78 is 5.24. The predicted octanol–water partition coefficient (Wildman–Crippen LogP) is 1.78. The highest BCUT2D eigenvalue weighted by Crippen LogP contribution is 2.00. The van der Waals surface area contributed by atoms with Gasteiger partial charge in [-0.15, -0.1) is 0 Å². The van der Waals surface area contributed by atoms with Gasteiger partial charge in [-0.2, -0.15) is 0 Å². The lowest BCUT2D eigenvalue weighted by Crippen LogP contribution is -2.09. The Morgan fingerprint density at radius 2 is 2.20 bits per heavy atom. The first kappa shape index (κ1) is 9.63. The smallest absolute Gasteiger partial charge is 0.129 e. The Morgan fingerprint density at radius 3 is 2.60 bits per heavy atom. The van der Waals surface area contributed by atoms with Crippen molar-refractivity contribution in [2.75, 3.05) is 6.61 Å². The lowest BCUT2D eigenvalue weighted by molar-refractivity contribution is -0.117. The number of hydrogen-bond acceptors (Lipinski definition) is 2. The van der Waals surface area contributed by atoms with Gasteiger partial charge in [0.2, 0.25) is 0 Å². The fourth-order valence-corrected chi connectivity index (χ4v) is 0.774. The summed E-state index contributed by atoms with van der Waals surface area (Å²) in [5, 5.41) is 0. The Labute approximate surface area is 62.6 Å². The van der Waals surface area contributed by atoms with Gasteiger partial charge in [0.1, 0.15) is 5.78 Å². The second kappa shape index (κ2) is 5.42. The molecule has 0 aliphatic heterocycles. The number of carbonyl (C=O) groups excluding carboxylic acids is 1. The highest BCUT2D eigenvalue weighted by Gasteiger charge is 2.01. The number of ketones is 1. The zero-order valence-corrected chi connectivity index (χ0v) is 7.02. The molecular formula is C8H16O2. The SMILES string of the molecule is CCOC(C)CCC(C)=O. The van der Waals surface area contributed by atoms with E-state index in [-0.39, 0.29) is 11.9 Å². The monoisotopic (exact) mass is 144 g/mol. The van der Waals surface area contributed by atoms with Gasteiger partial charge in [-0.25, -0.2) is 0 Å². The Morgan fingerprint density at radius 1 is 1.60 bits per heavy atom. The van der Waals surface area contributed by atoms with E-state index in [1.54, 1.807) is 6.92 Å². The van der Waals surface area contributed by atoms with Crippen LogP contribution < -0.4 is 0 Å². The molecule has 0 fully saturated rings. The van der Waals surface area contributed by atoms with Crippen molar-refractivity contribution in [2.24, 2.45) is 0 Å². The van der Waals surface area contributed by atoms with Crippen molar-refractivity contribution in [3.05, 3.63) is 0 Å². The lowest BCUT2D eigenvalue weighted by Gasteiger charge is -2.08. The number of ether oxygens (including phenoxy) is 1. The normalized spacial score (nSPS) is 13.1. The van der Waals surface area contributed by atoms with Crippen molar-refractivity contribution in [3.63, 3.8) is 0 Å². The van der Waals surface area contributed by atoms with Crippen LogP contribution in [0.15, 0.2) is 0 Å². The van der Waals surface area contributed by atoms with Crippen LogP contribution in [0.25, 0.3) is 0 Å². The summed E-state index contributed by atoms with van der Waals surface area (Å²) in [7, 11) is 0. The minimum Gasteiger partial charge on any atom is -0.379 e. The quantitative estimate of drug-likeness (QED) is 0.588. The average Bonchev–Trinajstić information content (AvgIpc) is 1.85. The van der Waals surface area contributed by atoms with E-state index >= 15 is 0 Å². The standard InChI is InChI=1S/C8H16O2/c1-4-10-8(3)6-5-7(2)9/h8H,4-6H2,1-3H3. The molecule has 0 spiro atoms. The van der Waals surface area contributed by atoms with Gasteiger partial charge in [0.15, 0.2) is 0 Å². The lowest BCUT2D eigenvalue weighted by atomic mass is 10.2. The molecule has 0 aromatic carbocycles. The van der Waals surface area contributed by atoms with Crippen molar-refractivity contribution in [2.45, 2.75) is 39.7 Å². The average molecular weight is 144 g/mol. The molecule has 0 amide bonds. The van der Waals surface area contributed by atoms with E-state index in [1.807, 2.05) is 13.8 Å². The summed E-state index contributed by atoms with van der Waals surface area (Å²) >= 11 is 0. The zero-order chi connectivity index (χ0) is 7.98. The fourth-order valence-electron chi connectivity index (χ4n) is 0.774. The predicted molar refractivity (Wildman–Crippen MR) is 41.0 cm³/mol. The highest BCUT2D eigenvalue weighted by atomic mass is 16.5. The molecule has 0 saturated carbocycles. The molecule has 0 aliphatic rings. The van der Waals surface area contributed by atoms with E-state index in [2.05, 4.69) is 0 Å². The molecule has 0 N–H and O–H groups in total. The van der Waals surface area contributed by atoms with Gasteiger partial charge < -0.3 is 9.53 Å². The molecule has 0 saturated heterocycles. The highest BCUT2D eigenvalue weighted by molar-refractivity contribution is 5.75. The van der Waals surface area contributed by atoms with Crippen LogP contribution in [0.3, 0.4) is 0 Å². The Bertz CT molecular complexity index is 99.4. The molecule has 0 aliphatic carbocycles. The topological polar surface area (TPSA) is 26.3 Å². The van der Waals surface area contributed by atoms with Crippen molar-refractivity contribution < 1.29 is 9.53 Å². The van der Waals surface area contributed by atoms with E-state index in [9.17, 15) is 4.79 Å². The van der Waals surface area contributed by atoms with Crippen LogP contribution in [0.5, 0.6) is 0 Å². The minimum atomic E-state index is 0.230. The summed E-state index contributed by atoms with van der Waals surface area (Å²) in [6.45, 7) is 6.30. The molecule has 10 heavy (non-hydrogen) atoms. The molecule has 0 aromatic heterocycles. The maximum Gasteiger partial charge on any atom is 0.129 e. The van der Waals surface area contributed by atoms with Crippen molar-refractivity contribution in [3.8, 4) is 0 Å². The van der Waals surface area contributed by atoms with Gasteiger partial charge in [-0.05, 0) is 27.2 Å². The fraction of sp³-hybridized carbons (Fsp3) is 0.875. The van der Waals surface area contributed by atoms with Gasteiger partial charge in [0.05, 0.1) is 6.10 Å². The molecule has 1 unspecified atom stereocenters. The second-order valence-electron chi connectivity index (χ2n) is 2.51. The zero-order valence-electron chi connectivity index (χ0n) is 7.02. The summed E-state index contributed by atoms with van der Waals surface area (Å²) in [6, 6.07) is 0. The number of carbonyl (C=O) groups is 1. The minimum absolute atomic E-state index is 0.230. The Kier molecular flexibility index (Phi) is 5.22. The van der Waals surface area contributed by atoms with E-state index in [4.69, 9.17) is 4.74 Å². The third-order valence-corrected chi connectivity index (χ3v) is 1.35. The molecule has 2 heteroatoms. The molecule has 0 heterocycles.